The van der Waals surface area contributed by atoms with E-state index >= 15 is 0 Å². The van der Waals surface area contributed by atoms with E-state index in [4.69, 9.17) is 5.73 Å². The van der Waals surface area contributed by atoms with Crippen LogP contribution in [0, 0.1) is 6.92 Å². The molecule has 0 aliphatic carbocycles. The van der Waals surface area contributed by atoms with E-state index in [9.17, 15) is 4.79 Å². The highest BCUT2D eigenvalue weighted by atomic mass is 32.2. The fourth-order valence-corrected chi connectivity index (χ4v) is 2.28. The van der Waals surface area contributed by atoms with E-state index in [0.29, 0.717) is 12.2 Å². The van der Waals surface area contributed by atoms with Crippen LogP contribution in [0.5, 0.6) is 0 Å². The summed E-state index contributed by atoms with van der Waals surface area (Å²) in [6.07, 6.45) is 0.516. The minimum absolute atomic E-state index is 0.0526. The Kier molecular flexibility index (Phi) is 5.42. The molecule has 0 saturated heterocycles. The molecule has 100 valence electrons. The van der Waals surface area contributed by atoms with Gasteiger partial charge in [-0.25, -0.2) is 0 Å². The number of Topliss-reactive ketones (excluding diaryl/α,β-unsaturated/α-hetero) is 1. The minimum Gasteiger partial charge on any atom is -0.327 e. The van der Waals surface area contributed by atoms with Gasteiger partial charge < -0.3 is 5.73 Å². The standard InChI is InChI=1S/C15H23NOS/c1-11-5-7-13(8-6-11)9-14(17)10-18-15(3,4)12(2)16/h5-8,12H,9-10,16H2,1-4H3. The molecule has 0 heterocycles. The average molecular weight is 265 g/mol. The molecule has 0 fully saturated rings. The lowest BCUT2D eigenvalue weighted by Crippen LogP contribution is -2.38. The molecule has 1 aromatic carbocycles. The van der Waals surface area contributed by atoms with E-state index in [1.165, 1.54) is 5.56 Å². The molecule has 1 aromatic rings. The van der Waals surface area contributed by atoms with E-state index < -0.39 is 0 Å². The number of carbonyl (C=O) groups is 1. The van der Waals surface area contributed by atoms with Gasteiger partial charge in [0.05, 0.1) is 5.75 Å². The smallest absolute Gasteiger partial charge is 0.147 e. The van der Waals surface area contributed by atoms with Crippen LogP contribution in [0.2, 0.25) is 0 Å². The lowest BCUT2D eigenvalue weighted by Gasteiger charge is -2.27. The molecule has 18 heavy (non-hydrogen) atoms. The van der Waals surface area contributed by atoms with E-state index in [1.807, 2.05) is 38.1 Å². The van der Waals surface area contributed by atoms with Gasteiger partial charge in [0.2, 0.25) is 0 Å². The first-order valence-electron chi connectivity index (χ1n) is 6.28. The molecule has 0 saturated carbocycles. The summed E-state index contributed by atoms with van der Waals surface area (Å²) in [5.41, 5.74) is 8.20. The van der Waals surface area contributed by atoms with Gasteiger partial charge in [0.15, 0.2) is 0 Å². The van der Waals surface area contributed by atoms with Crippen LogP contribution in [-0.4, -0.2) is 22.3 Å². The van der Waals surface area contributed by atoms with Gasteiger partial charge in [-0.05, 0) is 33.3 Å². The summed E-state index contributed by atoms with van der Waals surface area (Å²) >= 11 is 1.64. The van der Waals surface area contributed by atoms with Crippen molar-refractivity contribution in [2.75, 3.05) is 5.75 Å². The summed E-state index contributed by atoms with van der Waals surface area (Å²) < 4.78 is -0.0526. The van der Waals surface area contributed by atoms with Crippen LogP contribution in [0.15, 0.2) is 24.3 Å². The van der Waals surface area contributed by atoms with Gasteiger partial charge >= 0.3 is 0 Å². The number of hydrogen-bond donors (Lipinski definition) is 1. The fraction of sp³-hybridized carbons (Fsp3) is 0.533. The van der Waals surface area contributed by atoms with E-state index in [1.54, 1.807) is 11.8 Å². The highest BCUT2D eigenvalue weighted by Gasteiger charge is 2.24. The van der Waals surface area contributed by atoms with Crippen LogP contribution in [0.4, 0.5) is 0 Å². The summed E-state index contributed by atoms with van der Waals surface area (Å²) in [6, 6.07) is 8.21. The van der Waals surface area contributed by atoms with Crippen molar-refractivity contribution in [2.45, 2.75) is 44.9 Å². The van der Waals surface area contributed by atoms with Gasteiger partial charge in [-0.2, -0.15) is 0 Å². The third-order valence-corrected chi connectivity index (χ3v) is 4.81. The van der Waals surface area contributed by atoms with Crippen LogP contribution in [-0.2, 0) is 11.2 Å². The summed E-state index contributed by atoms with van der Waals surface area (Å²) in [4.78, 5) is 11.9. The third kappa shape index (κ3) is 4.83. The zero-order chi connectivity index (χ0) is 13.8. The van der Waals surface area contributed by atoms with Crippen LogP contribution in [0.1, 0.15) is 31.9 Å². The molecule has 3 heteroatoms. The Labute approximate surface area is 114 Å². The van der Waals surface area contributed by atoms with E-state index in [-0.39, 0.29) is 16.6 Å². The topological polar surface area (TPSA) is 43.1 Å². The van der Waals surface area contributed by atoms with Gasteiger partial charge in [0.25, 0.3) is 0 Å². The van der Waals surface area contributed by atoms with Gasteiger partial charge in [-0.1, -0.05) is 29.8 Å². The Bertz CT molecular complexity index is 395. The molecule has 1 atom stereocenters. The van der Waals surface area contributed by atoms with Crippen molar-refractivity contribution >= 4 is 17.5 Å². The largest absolute Gasteiger partial charge is 0.327 e. The molecule has 0 aliphatic rings. The van der Waals surface area contributed by atoms with Gasteiger partial charge in [0.1, 0.15) is 5.78 Å². The van der Waals surface area contributed by atoms with Crippen molar-refractivity contribution in [3.05, 3.63) is 35.4 Å². The molecule has 1 unspecified atom stereocenters. The van der Waals surface area contributed by atoms with Crippen LogP contribution < -0.4 is 5.73 Å². The number of aryl methyl sites for hydroxylation is 1. The molecule has 0 aliphatic heterocycles. The maximum Gasteiger partial charge on any atom is 0.147 e. The first-order valence-corrected chi connectivity index (χ1v) is 7.26. The second-order valence-electron chi connectivity index (χ2n) is 5.38. The molecule has 0 spiro atoms. The zero-order valence-electron chi connectivity index (χ0n) is 11.7. The second kappa shape index (κ2) is 6.39. The maximum atomic E-state index is 11.9. The predicted molar refractivity (Wildman–Crippen MR) is 80.1 cm³/mol. The number of benzene rings is 1. The molecular weight excluding hydrogens is 242 g/mol. The lowest BCUT2D eigenvalue weighted by atomic mass is 10.1. The number of ketones is 1. The van der Waals surface area contributed by atoms with Crippen molar-refractivity contribution in [1.29, 1.82) is 0 Å². The number of hydrogen-bond acceptors (Lipinski definition) is 3. The summed E-state index contributed by atoms with van der Waals surface area (Å²) in [5, 5.41) is 0. The average Bonchev–Trinajstić information content (AvgIpc) is 2.29. The molecule has 0 radical (unpaired) electrons. The van der Waals surface area contributed by atoms with Crippen LogP contribution in [0.25, 0.3) is 0 Å². The number of carbonyl (C=O) groups excluding carboxylic acids is 1. The second-order valence-corrected chi connectivity index (χ2v) is 7.01. The van der Waals surface area contributed by atoms with Crippen LogP contribution >= 0.6 is 11.8 Å². The molecule has 2 nitrogen and oxygen atoms in total. The summed E-state index contributed by atoms with van der Waals surface area (Å²) in [5.74, 6) is 0.792. The zero-order valence-corrected chi connectivity index (χ0v) is 12.5. The quantitative estimate of drug-likeness (QED) is 0.860. The lowest BCUT2D eigenvalue weighted by molar-refractivity contribution is -0.116. The van der Waals surface area contributed by atoms with Crippen molar-refractivity contribution < 1.29 is 4.79 Å². The van der Waals surface area contributed by atoms with Crippen molar-refractivity contribution in [3.8, 4) is 0 Å². The summed E-state index contributed by atoms with van der Waals surface area (Å²) in [7, 11) is 0. The number of thioether (sulfide) groups is 1. The SMILES string of the molecule is Cc1ccc(CC(=O)CSC(C)(C)C(C)N)cc1. The molecule has 0 bridgehead atoms. The van der Waals surface area contributed by atoms with E-state index in [0.717, 1.165) is 5.56 Å². The Morgan fingerprint density at radius 1 is 1.33 bits per heavy atom. The Hall–Kier alpha value is -0.800. The minimum atomic E-state index is -0.0526. The van der Waals surface area contributed by atoms with E-state index in [2.05, 4.69) is 13.8 Å². The Morgan fingerprint density at radius 2 is 1.89 bits per heavy atom. The normalized spacial score (nSPS) is 13.4. The highest BCUT2D eigenvalue weighted by molar-refractivity contribution is 8.01. The monoisotopic (exact) mass is 265 g/mol. The number of rotatable bonds is 6. The summed E-state index contributed by atoms with van der Waals surface area (Å²) in [6.45, 7) is 8.20. The van der Waals surface area contributed by atoms with Crippen molar-refractivity contribution in [2.24, 2.45) is 5.73 Å². The van der Waals surface area contributed by atoms with Gasteiger partial charge in [0, 0.05) is 17.2 Å². The number of nitrogens with two attached hydrogens (primary N) is 1. The Morgan fingerprint density at radius 3 is 2.39 bits per heavy atom. The first-order chi connectivity index (χ1) is 8.31. The van der Waals surface area contributed by atoms with Gasteiger partial charge in [-0.3, -0.25) is 4.79 Å². The van der Waals surface area contributed by atoms with Crippen LogP contribution in [0.3, 0.4) is 0 Å². The fourth-order valence-electron chi connectivity index (χ4n) is 1.38. The maximum absolute atomic E-state index is 11.9. The molecule has 1 rings (SSSR count). The van der Waals surface area contributed by atoms with Crippen molar-refractivity contribution in [1.82, 2.24) is 0 Å². The Balaban J connectivity index is 2.45. The van der Waals surface area contributed by atoms with Crippen molar-refractivity contribution in [3.63, 3.8) is 0 Å². The molecular formula is C15H23NOS. The molecule has 0 amide bonds. The predicted octanol–water partition coefficient (Wildman–Crippen LogP) is 2.97. The molecule has 0 aromatic heterocycles. The molecule has 2 N–H and O–H groups in total. The highest BCUT2D eigenvalue weighted by Crippen LogP contribution is 2.27. The van der Waals surface area contributed by atoms with Gasteiger partial charge in [-0.15, -0.1) is 11.8 Å². The third-order valence-electron chi connectivity index (χ3n) is 3.22. The first kappa shape index (κ1) is 15.3.